The molecule has 3 rings (SSSR count). The van der Waals surface area contributed by atoms with Gasteiger partial charge in [0.05, 0.1) is 18.8 Å². The van der Waals surface area contributed by atoms with Crippen LogP contribution in [0, 0.1) is 5.41 Å². The first-order valence-corrected chi connectivity index (χ1v) is 8.93. The van der Waals surface area contributed by atoms with E-state index in [0.717, 1.165) is 17.0 Å². The first kappa shape index (κ1) is 22.0. The van der Waals surface area contributed by atoms with E-state index in [0.29, 0.717) is 23.5 Å². The molecule has 3 aromatic rings. The summed E-state index contributed by atoms with van der Waals surface area (Å²) in [6, 6.07) is 16.6. The van der Waals surface area contributed by atoms with Gasteiger partial charge in [-0.05, 0) is 23.8 Å². The van der Waals surface area contributed by atoms with Crippen molar-refractivity contribution in [3.05, 3.63) is 77.7 Å². The number of hydrogen-bond acceptors (Lipinski definition) is 5. The number of rotatable bonds is 7. The lowest BCUT2D eigenvalue weighted by atomic mass is 9.96. The van der Waals surface area contributed by atoms with E-state index >= 15 is 0 Å². The number of esters is 1. The Morgan fingerprint density at radius 1 is 1.10 bits per heavy atom. The minimum absolute atomic E-state index is 0. The lowest BCUT2D eigenvalue weighted by molar-refractivity contribution is -0.141. The molecule has 0 aliphatic heterocycles. The van der Waals surface area contributed by atoms with Crippen molar-refractivity contribution < 1.29 is 18.7 Å². The van der Waals surface area contributed by atoms with Gasteiger partial charge in [-0.1, -0.05) is 58.2 Å². The fourth-order valence-electron chi connectivity index (χ4n) is 2.65. The molecule has 1 aromatic heterocycles. The molecular weight excluding hydrogens is 368 g/mol. The molecule has 2 aromatic carbocycles. The highest BCUT2D eigenvalue weighted by Gasteiger charge is 2.21. The molecule has 0 unspecified atom stereocenters. The highest BCUT2D eigenvalue weighted by atomic mass is 16.5. The zero-order chi connectivity index (χ0) is 20.1. The Balaban J connectivity index is 0.00000300. The van der Waals surface area contributed by atoms with E-state index in [9.17, 15) is 9.59 Å². The molecule has 1 heterocycles. The third-order valence-corrected chi connectivity index (χ3v) is 4.19. The summed E-state index contributed by atoms with van der Waals surface area (Å²) in [7, 11) is 0. The van der Waals surface area contributed by atoms with Crippen LogP contribution in [0.4, 0.5) is 0 Å². The quantitative estimate of drug-likeness (QED) is 0.312. The maximum atomic E-state index is 12.4. The minimum Gasteiger partial charge on any atom is -0.493 e. The van der Waals surface area contributed by atoms with Crippen molar-refractivity contribution in [2.24, 2.45) is 5.41 Å². The van der Waals surface area contributed by atoms with Crippen LogP contribution >= 0.6 is 0 Å². The molecule has 152 valence electrons. The lowest BCUT2D eigenvalue weighted by Gasteiger charge is -2.24. The Kier molecular flexibility index (Phi) is 6.99. The van der Waals surface area contributed by atoms with Crippen LogP contribution in [0.3, 0.4) is 0 Å². The Morgan fingerprint density at radius 3 is 2.52 bits per heavy atom. The van der Waals surface area contributed by atoms with Gasteiger partial charge in [0.2, 0.25) is 0 Å². The van der Waals surface area contributed by atoms with Gasteiger partial charge >= 0.3 is 11.6 Å². The maximum absolute atomic E-state index is 12.4. The van der Waals surface area contributed by atoms with Gasteiger partial charge in [-0.3, -0.25) is 0 Å². The maximum Gasteiger partial charge on any atom is 0.344 e. The second kappa shape index (κ2) is 9.24. The minimum atomic E-state index is -0.463. The van der Waals surface area contributed by atoms with Gasteiger partial charge in [-0.2, -0.15) is 0 Å². The van der Waals surface area contributed by atoms with E-state index in [1.807, 2.05) is 62.4 Å². The van der Waals surface area contributed by atoms with Crippen molar-refractivity contribution in [2.45, 2.75) is 21.3 Å². The van der Waals surface area contributed by atoms with Gasteiger partial charge in [-0.15, -0.1) is 0 Å². The van der Waals surface area contributed by atoms with Crippen molar-refractivity contribution in [1.82, 2.24) is 0 Å². The molecule has 0 saturated heterocycles. The van der Waals surface area contributed by atoms with Gasteiger partial charge < -0.3 is 13.9 Å². The number of carbonyl (C=O) groups excluding carboxylic acids is 1. The topological polar surface area (TPSA) is 65.7 Å². The molecular formula is C24H26O5. The molecule has 0 atom stereocenters. The van der Waals surface area contributed by atoms with Crippen LogP contribution in [0.5, 0.6) is 5.75 Å². The normalized spacial score (nSPS) is 10.8. The van der Waals surface area contributed by atoms with Gasteiger partial charge in [-0.25, -0.2) is 9.59 Å². The zero-order valence-electron chi connectivity index (χ0n) is 15.9. The van der Waals surface area contributed by atoms with Gasteiger partial charge in [0, 0.05) is 22.9 Å². The van der Waals surface area contributed by atoms with Crippen molar-refractivity contribution in [3.63, 3.8) is 0 Å². The fourth-order valence-corrected chi connectivity index (χ4v) is 2.65. The molecule has 0 saturated carbocycles. The number of ether oxygens (including phenoxy) is 2. The van der Waals surface area contributed by atoms with E-state index in [1.165, 1.54) is 0 Å². The molecule has 0 amide bonds. The van der Waals surface area contributed by atoms with Gasteiger partial charge in [0.15, 0.2) is 0 Å². The Morgan fingerprint density at radius 2 is 1.83 bits per heavy atom. The van der Waals surface area contributed by atoms with E-state index in [1.54, 1.807) is 6.07 Å². The van der Waals surface area contributed by atoms with Crippen molar-refractivity contribution >= 4 is 16.9 Å². The van der Waals surface area contributed by atoms with Crippen LogP contribution in [0.1, 0.15) is 21.3 Å². The Bertz CT molecular complexity index is 1050. The van der Waals surface area contributed by atoms with Gasteiger partial charge in [0.25, 0.3) is 0 Å². The van der Waals surface area contributed by atoms with Gasteiger partial charge in [0.1, 0.15) is 11.3 Å². The highest BCUT2D eigenvalue weighted by molar-refractivity contribution is 5.82. The molecule has 0 bridgehead atoms. The van der Waals surface area contributed by atoms with Crippen LogP contribution < -0.4 is 10.4 Å². The summed E-state index contributed by atoms with van der Waals surface area (Å²) in [5.41, 5.74) is 1.01. The predicted octanol–water partition coefficient (Wildman–Crippen LogP) is 5.23. The summed E-state index contributed by atoms with van der Waals surface area (Å²) in [6.07, 6.45) is 1.13. The molecule has 0 aliphatic rings. The average molecular weight is 394 g/mol. The van der Waals surface area contributed by atoms with Crippen molar-refractivity contribution in [3.8, 4) is 16.9 Å². The fraction of sp³-hybridized carbons (Fsp3) is 0.250. The third-order valence-electron chi connectivity index (χ3n) is 4.19. The molecule has 5 heteroatoms. The summed E-state index contributed by atoms with van der Waals surface area (Å²) >= 11 is 0. The van der Waals surface area contributed by atoms with E-state index in [2.05, 4.69) is 6.58 Å². The second-order valence-corrected chi connectivity index (χ2v) is 7.28. The second-order valence-electron chi connectivity index (χ2n) is 7.28. The standard InChI is InChI=1S/C23H22O5.CH4/c1-4-21(24)27-15-23(2,3)14-26-18-11-10-17-12-19(16-8-6-5-7-9-16)22(25)28-20(17)13-18;/h4-13H,1,14-15H2,2-3H3;1H4. The summed E-state index contributed by atoms with van der Waals surface area (Å²) in [5.74, 6) is 0.112. The molecule has 5 nitrogen and oxygen atoms in total. The average Bonchev–Trinajstić information content (AvgIpc) is 2.70. The number of fused-ring (bicyclic) bond motifs is 1. The van der Waals surface area contributed by atoms with Crippen LogP contribution in [-0.4, -0.2) is 19.2 Å². The molecule has 0 N–H and O–H groups in total. The molecule has 0 aliphatic carbocycles. The van der Waals surface area contributed by atoms with E-state index < -0.39 is 11.6 Å². The number of benzene rings is 2. The molecule has 29 heavy (non-hydrogen) atoms. The summed E-state index contributed by atoms with van der Waals surface area (Å²) in [5, 5.41) is 0.810. The number of hydrogen-bond donors (Lipinski definition) is 0. The predicted molar refractivity (Wildman–Crippen MR) is 115 cm³/mol. The van der Waals surface area contributed by atoms with E-state index in [4.69, 9.17) is 13.9 Å². The largest absolute Gasteiger partial charge is 0.493 e. The van der Waals surface area contributed by atoms with Crippen LogP contribution in [0.2, 0.25) is 0 Å². The molecule has 0 spiro atoms. The Labute approximate surface area is 170 Å². The van der Waals surface area contributed by atoms with E-state index in [-0.39, 0.29) is 19.4 Å². The summed E-state index contributed by atoms with van der Waals surface area (Å²) < 4.78 is 16.4. The van der Waals surface area contributed by atoms with Crippen LogP contribution in [0.25, 0.3) is 22.1 Å². The van der Waals surface area contributed by atoms with Crippen LogP contribution in [-0.2, 0) is 9.53 Å². The lowest BCUT2D eigenvalue weighted by Crippen LogP contribution is -2.28. The Hall–Kier alpha value is -3.34. The molecule has 0 fully saturated rings. The van der Waals surface area contributed by atoms with Crippen molar-refractivity contribution in [1.29, 1.82) is 0 Å². The van der Waals surface area contributed by atoms with Crippen LogP contribution in [0.15, 0.2) is 76.5 Å². The summed E-state index contributed by atoms with van der Waals surface area (Å²) in [6.45, 7) is 7.77. The SMILES string of the molecule is C.C=CC(=O)OCC(C)(C)COc1ccc2cc(-c3ccccc3)c(=O)oc2c1. The number of carbonyl (C=O) groups is 1. The first-order valence-electron chi connectivity index (χ1n) is 8.93. The first-order chi connectivity index (χ1) is 13.4. The highest BCUT2D eigenvalue weighted by Crippen LogP contribution is 2.26. The molecule has 0 radical (unpaired) electrons. The van der Waals surface area contributed by atoms with Crippen molar-refractivity contribution in [2.75, 3.05) is 13.2 Å². The third kappa shape index (κ3) is 5.57. The monoisotopic (exact) mass is 394 g/mol. The zero-order valence-corrected chi connectivity index (χ0v) is 15.9. The smallest absolute Gasteiger partial charge is 0.344 e. The summed E-state index contributed by atoms with van der Waals surface area (Å²) in [4.78, 5) is 23.6.